The zero-order valence-corrected chi connectivity index (χ0v) is 16.1. The third kappa shape index (κ3) is 3.58. The monoisotopic (exact) mass is 401 g/mol. The molecule has 4 heterocycles. The normalized spacial score (nSPS) is 14.1. The van der Waals surface area contributed by atoms with Gasteiger partial charge in [-0.3, -0.25) is 0 Å². The van der Waals surface area contributed by atoms with Gasteiger partial charge in [-0.05, 0) is 24.3 Å². The highest BCUT2D eigenvalue weighted by Gasteiger charge is 2.17. The van der Waals surface area contributed by atoms with Crippen molar-refractivity contribution < 1.29 is 9.15 Å². The molecule has 1 aliphatic heterocycles. The molecule has 0 saturated carbocycles. The molecular weight excluding hydrogens is 382 g/mol. The minimum Gasteiger partial charge on any atom is -0.414 e. The Hall–Kier alpha value is -3.85. The Kier molecular flexibility index (Phi) is 4.78. The van der Waals surface area contributed by atoms with E-state index < -0.39 is 0 Å². The molecule has 9 heteroatoms. The third-order valence-corrected chi connectivity index (χ3v) is 4.83. The minimum atomic E-state index is 0.221. The molecule has 1 fully saturated rings. The maximum atomic E-state index is 6.03. The summed E-state index contributed by atoms with van der Waals surface area (Å²) < 4.78 is 11.2. The van der Waals surface area contributed by atoms with Gasteiger partial charge in [0.25, 0.3) is 5.89 Å². The van der Waals surface area contributed by atoms with Gasteiger partial charge in [0.15, 0.2) is 11.5 Å². The highest BCUT2D eigenvalue weighted by atomic mass is 16.5. The lowest BCUT2D eigenvalue weighted by Gasteiger charge is -2.27. The standard InChI is InChI=1S/C21H19N7O2/c22-19-18(21-27-26-20(30-21)14-4-2-1-3-5-14)25-16(13-24-19)15-6-7-17(23-12-15)28-8-10-29-11-9-28/h1-7,12-13H,8-11H2,(H2,22,24). The molecule has 1 aromatic carbocycles. The number of ether oxygens (including phenoxy) is 1. The predicted octanol–water partition coefficient (Wildman–Crippen LogP) is 2.67. The van der Waals surface area contributed by atoms with Crippen molar-refractivity contribution in [3.63, 3.8) is 0 Å². The molecule has 3 aromatic heterocycles. The van der Waals surface area contributed by atoms with Gasteiger partial charge in [-0.15, -0.1) is 10.2 Å². The van der Waals surface area contributed by atoms with Gasteiger partial charge in [0.1, 0.15) is 5.82 Å². The summed E-state index contributed by atoms with van der Waals surface area (Å²) in [6, 6.07) is 13.5. The van der Waals surface area contributed by atoms with Crippen LogP contribution in [0, 0.1) is 0 Å². The fourth-order valence-corrected chi connectivity index (χ4v) is 3.23. The molecule has 0 bridgehead atoms. The van der Waals surface area contributed by atoms with E-state index in [1.165, 1.54) is 0 Å². The summed E-state index contributed by atoms with van der Waals surface area (Å²) in [6.07, 6.45) is 3.39. The number of benzene rings is 1. The number of nitrogens with zero attached hydrogens (tertiary/aromatic N) is 6. The maximum absolute atomic E-state index is 6.03. The number of morpholine rings is 1. The number of rotatable bonds is 4. The Morgan fingerprint density at radius 1 is 0.833 bits per heavy atom. The Morgan fingerprint density at radius 3 is 2.40 bits per heavy atom. The maximum Gasteiger partial charge on any atom is 0.270 e. The summed E-state index contributed by atoms with van der Waals surface area (Å²) in [6.45, 7) is 3.09. The van der Waals surface area contributed by atoms with E-state index in [4.69, 9.17) is 14.9 Å². The van der Waals surface area contributed by atoms with Crippen molar-refractivity contribution >= 4 is 11.6 Å². The van der Waals surface area contributed by atoms with E-state index in [2.05, 4.69) is 30.0 Å². The number of nitrogen functional groups attached to an aromatic ring is 1. The largest absolute Gasteiger partial charge is 0.414 e. The van der Waals surface area contributed by atoms with Crippen molar-refractivity contribution in [3.8, 4) is 34.3 Å². The van der Waals surface area contributed by atoms with Crippen LogP contribution in [0.15, 0.2) is 59.3 Å². The lowest BCUT2D eigenvalue weighted by atomic mass is 10.2. The van der Waals surface area contributed by atoms with Crippen LogP contribution in [0.1, 0.15) is 0 Å². The van der Waals surface area contributed by atoms with Crippen LogP contribution in [0.5, 0.6) is 0 Å². The van der Waals surface area contributed by atoms with Crippen molar-refractivity contribution in [1.29, 1.82) is 0 Å². The predicted molar refractivity (Wildman–Crippen MR) is 111 cm³/mol. The Bertz CT molecular complexity index is 1140. The van der Waals surface area contributed by atoms with Crippen LogP contribution in [0.3, 0.4) is 0 Å². The summed E-state index contributed by atoms with van der Waals surface area (Å²) in [4.78, 5) is 15.6. The van der Waals surface area contributed by atoms with Crippen LogP contribution in [0.4, 0.5) is 11.6 Å². The molecule has 0 aliphatic carbocycles. The summed E-state index contributed by atoms with van der Waals surface area (Å²) in [5.41, 5.74) is 8.65. The SMILES string of the molecule is Nc1ncc(-c2ccc(N3CCOCC3)nc2)nc1-c1nnc(-c2ccccc2)o1. The first kappa shape index (κ1) is 18.2. The quantitative estimate of drug-likeness (QED) is 0.551. The second-order valence-electron chi connectivity index (χ2n) is 6.77. The van der Waals surface area contributed by atoms with Crippen LogP contribution in [-0.4, -0.2) is 51.5 Å². The number of pyridine rings is 1. The molecule has 0 unspecified atom stereocenters. The number of aromatic nitrogens is 5. The molecule has 1 saturated heterocycles. The van der Waals surface area contributed by atoms with E-state index in [-0.39, 0.29) is 11.7 Å². The molecule has 2 N–H and O–H groups in total. The summed E-state index contributed by atoms with van der Waals surface area (Å²) in [5.74, 6) is 1.75. The molecule has 0 amide bonds. The second kappa shape index (κ2) is 7.88. The first-order valence-corrected chi connectivity index (χ1v) is 9.59. The van der Waals surface area contributed by atoms with E-state index in [1.54, 1.807) is 12.4 Å². The molecule has 0 radical (unpaired) electrons. The van der Waals surface area contributed by atoms with E-state index in [0.29, 0.717) is 30.5 Å². The Balaban J connectivity index is 1.43. The first-order chi connectivity index (χ1) is 14.8. The number of hydrogen-bond acceptors (Lipinski definition) is 9. The van der Waals surface area contributed by atoms with Crippen molar-refractivity contribution in [2.45, 2.75) is 0 Å². The van der Waals surface area contributed by atoms with Crippen LogP contribution in [0.25, 0.3) is 34.3 Å². The molecule has 1 aliphatic rings. The van der Waals surface area contributed by atoms with Crippen LogP contribution in [0.2, 0.25) is 0 Å². The van der Waals surface area contributed by atoms with Gasteiger partial charge in [-0.25, -0.2) is 15.0 Å². The molecule has 150 valence electrons. The molecule has 0 spiro atoms. The molecule has 9 nitrogen and oxygen atoms in total. The van der Waals surface area contributed by atoms with Crippen LogP contribution < -0.4 is 10.6 Å². The van der Waals surface area contributed by atoms with Crippen molar-refractivity contribution in [2.75, 3.05) is 36.9 Å². The van der Waals surface area contributed by atoms with E-state index in [1.807, 2.05) is 42.5 Å². The smallest absolute Gasteiger partial charge is 0.270 e. The van der Waals surface area contributed by atoms with Gasteiger partial charge >= 0.3 is 0 Å². The van der Waals surface area contributed by atoms with Crippen molar-refractivity contribution in [2.24, 2.45) is 0 Å². The highest BCUT2D eigenvalue weighted by molar-refractivity contribution is 5.69. The fourth-order valence-electron chi connectivity index (χ4n) is 3.23. The molecule has 5 rings (SSSR count). The topological polar surface area (TPSA) is 116 Å². The lowest BCUT2D eigenvalue weighted by molar-refractivity contribution is 0.122. The van der Waals surface area contributed by atoms with Crippen LogP contribution >= 0.6 is 0 Å². The second-order valence-corrected chi connectivity index (χ2v) is 6.77. The van der Waals surface area contributed by atoms with Crippen molar-refractivity contribution in [1.82, 2.24) is 25.1 Å². The van der Waals surface area contributed by atoms with Gasteiger partial charge < -0.3 is 19.8 Å². The third-order valence-electron chi connectivity index (χ3n) is 4.83. The molecule has 30 heavy (non-hydrogen) atoms. The van der Waals surface area contributed by atoms with Gasteiger partial charge in [-0.1, -0.05) is 18.2 Å². The average molecular weight is 401 g/mol. The lowest BCUT2D eigenvalue weighted by Crippen LogP contribution is -2.36. The van der Waals surface area contributed by atoms with E-state index in [9.17, 15) is 0 Å². The van der Waals surface area contributed by atoms with Gasteiger partial charge in [-0.2, -0.15) is 0 Å². The summed E-state index contributed by atoms with van der Waals surface area (Å²) in [7, 11) is 0. The summed E-state index contributed by atoms with van der Waals surface area (Å²) in [5, 5.41) is 8.20. The summed E-state index contributed by atoms with van der Waals surface area (Å²) >= 11 is 0. The number of nitrogens with two attached hydrogens (primary N) is 1. The Morgan fingerprint density at radius 2 is 1.63 bits per heavy atom. The first-order valence-electron chi connectivity index (χ1n) is 9.59. The molecule has 0 atom stereocenters. The number of hydrogen-bond donors (Lipinski definition) is 1. The van der Waals surface area contributed by atoms with E-state index in [0.717, 1.165) is 30.0 Å². The van der Waals surface area contributed by atoms with Gasteiger partial charge in [0, 0.05) is 30.4 Å². The van der Waals surface area contributed by atoms with Crippen LogP contribution in [-0.2, 0) is 4.74 Å². The molecule has 4 aromatic rings. The molecular formula is C21H19N7O2. The number of anilines is 2. The minimum absolute atomic E-state index is 0.221. The average Bonchev–Trinajstić information content (AvgIpc) is 3.31. The fraction of sp³-hybridized carbons (Fsp3) is 0.190. The van der Waals surface area contributed by atoms with Gasteiger partial charge in [0.2, 0.25) is 5.89 Å². The van der Waals surface area contributed by atoms with Gasteiger partial charge in [0.05, 0.1) is 25.1 Å². The van der Waals surface area contributed by atoms with E-state index >= 15 is 0 Å². The Labute approximate surface area is 172 Å². The highest BCUT2D eigenvalue weighted by Crippen LogP contribution is 2.28. The van der Waals surface area contributed by atoms with Crippen molar-refractivity contribution in [3.05, 3.63) is 54.9 Å². The zero-order chi connectivity index (χ0) is 20.3. The zero-order valence-electron chi connectivity index (χ0n) is 16.1.